The molecule has 0 saturated carbocycles. The van der Waals surface area contributed by atoms with Crippen LogP contribution in [-0.2, 0) is 0 Å². The van der Waals surface area contributed by atoms with E-state index in [9.17, 15) is 10.1 Å². The number of nitro benzene ring substituents is 1. The Morgan fingerprint density at radius 2 is 2.29 bits per heavy atom. The van der Waals surface area contributed by atoms with Crippen molar-refractivity contribution in [1.82, 2.24) is 14.8 Å². The zero-order valence-corrected chi connectivity index (χ0v) is 9.72. The van der Waals surface area contributed by atoms with E-state index in [0.717, 1.165) is 0 Å². The Bertz CT molecular complexity index is 568. The molecule has 1 aromatic carbocycles. The summed E-state index contributed by atoms with van der Waals surface area (Å²) in [5.41, 5.74) is 6.19. The van der Waals surface area contributed by atoms with Crippen LogP contribution in [0.3, 0.4) is 0 Å². The third kappa shape index (κ3) is 2.21. The molecule has 0 atom stereocenters. The molecule has 0 amide bonds. The maximum Gasteiger partial charge on any atom is 0.271 e. The highest BCUT2D eigenvalue weighted by atomic mass is 32.2. The summed E-state index contributed by atoms with van der Waals surface area (Å²) < 4.78 is 1.37. The molecule has 17 heavy (non-hydrogen) atoms. The molecule has 2 aromatic rings. The number of nitrogens with two attached hydrogens (primary N) is 1. The molecule has 0 fully saturated rings. The fraction of sp³-hybridized carbons (Fsp3) is 0.111. The Morgan fingerprint density at radius 1 is 1.53 bits per heavy atom. The molecule has 8 heteroatoms. The summed E-state index contributed by atoms with van der Waals surface area (Å²) in [6.07, 6.45) is 1.83. The predicted molar refractivity (Wildman–Crippen MR) is 64.2 cm³/mol. The largest absolute Gasteiger partial charge is 0.368 e. The average molecular weight is 251 g/mol. The van der Waals surface area contributed by atoms with Crippen molar-refractivity contribution in [3.8, 4) is 5.69 Å². The van der Waals surface area contributed by atoms with Crippen molar-refractivity contribution in [2.24, 2.45) is 0 Å². The van der Waals surface area contributed by atoms with Crippen molar-refractivity contribution >= 4 is 23.4 Å². The highest BCUT2D eigenvalue weighted by Gasteiger charge is 2.11. The summed E-state index contributed by atoms with van der Waals surface area (Å²) in [4.78, 5) is 14.2. The van der Waals surface area contributed by atoms with Crippen molar-refractivity contribution in [3.05, 3.63) is 34.4 Å². The maximum absolute atomic E-state index is 10.7. The second kappa shape index (κ2) is 4.42. The smallest absolute Gasteiger partial charge is 0.271 e. The summed E-state index contributed by atoms with van der Waals surface area (Å²) in [5, 5.41) is 15.3. The average Bonchev–Trinajstić information content (AvgIpc) is 2.71. The number of thioether (sulfide) groups is 1. The number of rotatable bonds is 3. The van der Waals surface area contributed by atoms with Gasteiger partial charge < -0.3 is 5.73 Å². The van der Waals surface area contributed by atoms with E-state index in [1.807, 2.05) is 6.26 Å². The molecule has 0 aliphatic rings. The van der Waals surface area contributed by atoms with Gasteiger partial charge in [0.15, 0.2) is 0 Å². The molecule has 0 radical (unpaired) electrons. The van der Waals surface area contributed by atoms with Crippen molar-refractivity contribution in [2.45, 2.75) is 5.16 Å². The lowest BCUT2D eigenvalue weighted by Crippen LogP contribution is -2.02. The highest BCUT2D eigenvalue weighted by Crippen LogP contribution is 2.20. The van der Waals surface area contributed by atoms with Gasteiger partial charge >= 0.3 is 0 Å². The number of aromatic nitrogens is 3. The third-order valence-corrected chi connectivity index (χ3v) is 2.62. The van der Waals surface area contributed by atoms with E-state index in [-0.39, 0.29) is 11.6 Å². The molecule has 0 unspecified atom stereocenters. The minimum absolute atomic E-state index is 0.0110. The van der Waals surface area contributed by atoms with Gasteiger partial charge in [0.2, 0.25) is 11.1 Å². The molecule has 0 aliphatic heterocycles. The van der Waals surface area contributed by atoms with Gasteiger partial charge in [-0.05, 0) is 12.3 Å². The predicted octanol–water partition coefficient (Wildman–Crippen LogP) is 1.48. The first-order valence-corrected chi connectivity index (χ1v) is 5.85. The number of hydrogen-bond acceptors (Lipinski definition) is 6. The summed E-state index contributed by atoms with van der Waals surface area (Å²) in [7, 11) is 0. The van der Waals surface area contributed by atoms with Crippen LogP contribution in [0.25, 0.3) is 5.69 Å². The number of nitrogen functional groups attached to an aromatic ring is 1. The van der Waals surface area contributed by atoms with Crippen molar-refractivity contribution in [1.29, 1.82) is 0 Å². The van der Waals surface area contributed by atoms with Crippen LogP contribution in [0.5, 0.6) is 0 Å². The van der Waals surface area contributed by atoms with Crippen LogP contribution in [0, 0.1) is 10.1 Å². The van der Waals surface area contributed by atoms with Gasteiger partial charge in [-0.3, -0.25) is 10.1 Å². The lowest BCUT2D eigenvalue weighted by atomic mass is 10.3. The molecule has 2 rings (SSSR count). The number of anilines is 1. The van der Waals surface area contributed by atoms with Gasteiger partial charge in [-0.1, -0.05) is 17.8 Å². The minimum Gasteiger partial charge on any atom is -0.368 e. The summed E-state index contributed by atoms with van der Waals surface area (Å²) in [6.45, 7) is 0. The van der Waals surface area contributed by atoms with Crippen LogP contribution in [0.15, 0.2) is 29.4 Å². The standard InChI is InChI=1S/C9H9N5O2S/c1-17-9-11-8(10)13(12-9)6-3-2-4-7(5-6)14(15)16/h2-5H,1H3,(H2,10,11,12). The quantitative estimate of drug-likeness (QED) is 0.504. The number of nitro groups is 1. The SMILES string of the molecule is CSc1nc(N)n(-c2cccc([N+](=O)[O-])c2)n1. The van der Waals surface area contributed by atoms with Crippen LogP contribution < -0.4 is 5.73 Å². The van der Waals surface area contributed by atoms with Gasteiger partial charge in [-0.25, -0.2) is 0 Å². The zero-order valence-electron chi connectivity index (χ0n) is 8.90. The molecule has 1 heterocycles. The van der Waals surface area contributed by atoms with E-state index in [4.69, 9.17) is 5.73 Å². The molecular formula is C9H9N5O2S. The first kappa shape index (κ1) is 11.4. The van der Waals surface area contributed by atoms with Gasteiger partial charge in [0.1, 0.15) is 0 Å². The number of non-ortho nitro benzene ring substituents is 1. The lowest BCUT2D eigenvalue weighted by molar-refractivity contribution is -0.384. The molecule has 0 bridgehead atoms. The normalized spacial score (nSPS) is 10.4. The van der Waals surface area contributed by atoms with Gasteiger partial charge in [-0.15, -0.1) is 5.10 Å². The van der Waals surface area contributed by atoms with E-state index in [1.165, 1.54) is 28.6 Å². The Morgan fingerprint density at radius 3 is 2.88 bits per heavy atom. The molecule has 2 N–H and O–H groups in total. The number of benzene rings is 1. The van der Waals surface area contributed by atoms with E-state index in [0.29, 0.717) is 10.8 Å². The Balaban J connectivity index is 2.48. The molecule has 0 saturated heterocycles. The maximum atomic E-state index is 10.7. The third-order valence-electron chi connectivity index (χ3n) is 2.08. The highest BCUT2D eigenvalue weighted by molar-refractivity contribution is 7.98. The molecular weight excluding hydrogens is 242 g/mol. The first-order chi connectivity index (χ1) is 8.11. The van der Waals surface area contributed by atoms with E-state index < -0.39 is 4.92 Å². The molecule has 0 aliphatic carbocycles. The molecule has 1 aromatic heterocycles. The molecule has 0 spiro atoms. The van der Waals surface area contributed by atoms with Crippen molar-refractivity contribution < 1.29 is 4.92 Å². The van der Waals surface area contributed by atoms with Crippen LogP contribution in [0.2, 0.25) is 0 Å². The van der Waals surface area contributed by atoms with Crippen molar-refractivity contribution in [2.75, 3.05) is 12.0 Å². The van der Waals surface area contributed by atoms with Crippen LogP contribution >= 0.6 is 11.8 Å². The van der Waals surface area contributed by atoms with Gasteiger partial charge in [0.25, 0.3) is 5.69 Å². The van der Waals surface area contributed by atoms with E-state index in [1.54, 1.807) is 12.1 Å². The second-order valence-electron chi connectivity index (χ2n) is 3.15. The second-order valence-corrected chi connectivity index (χ2v) is 3.92. The summed E-state index contributed by atoms with van der Waals surface area (Å²) >= 11 is 1.35. The Hall–Kier alpha value is -2.09. The molecule has 7 nitrogen and oxygen atoms in total. The molecule has 88 valence electrons. The minimum atomic E-state index is -0.466. The van der Waals surface area contributed by atoms with Crippen LogP contribution in [0.4, 0.5) is 11.6 Å². The fourth-order valence-electron chi connectivity index (χ4n) is 1.32. The van der Waals surface area contributed by atoms with Crippen molar-refractivity contribution in [3.63, 3.8) is 0 Å². The van der Waals surface area contributed by atoms with Crippen LogP contribution in [0.1, 0.15) is 0 Å². The summed E-state index contributed by atoms with van der Waals surface area (Å²) in [5.74, 6) is 0.204. The zero-order chi connectivity index (χ0) is 12.4. The Labute approximate surface area is 101 Å². The monoisotopic (exact) mass is 251 g/mol. The lowest BCUT2D eigenvalue weighted by Gasteiger charge is -2.01. The Kier molecular flexibility index (Phi) is 2.96. The topological polar surface area (TPSA) is 99.9 Å². The fourth-order valence-corrected chi connectivity index (χ4v) is 1.67. The van der Waals surface area contributed by atoms with Gasteiger partial charge in [0.05, 0.1) is 10.6 Å². The van der Waals surface area contributed by atoms with E-state index >= 15 is 0 Å². The summed E-state index contributed by atoms with van der Waals surface area (Å²) in [6, 6.07) is 6.07. The number of hydrogen-bond donors (Lipinski definition) is 1. The van der Waals surface area contributed by atoms with Crippen LogP contribution in [-0.4, -0.2) is 25.9 Å². The first-order valence-electron chi connectivity index (χ1n) is 4.63. The van der Waals surface area contributed by atoms with E-state index in [2.05, 4.69) is 10.1 Å². The van der Waals surface area contributed by atoms with Gasteiger partial charge in [-0.2, -0.15) is 9.67 Å². The number of nitrogens with zero attached hydrogens (tertiary/aromatic N) is 4. The van der Waals surface area contributed by atoms with Gasteiger partial charge in [0, 0.05) is 12.1 Å².